The first-order chi connectivity index (χ1) is 10.3. The summed E-state index contributed by atoms with van der Waals surface area (Å²) < 4.78 is 5.81. The molecule has 1 atom stereocenters. The van der Waals surface area contributed by atoms with E-state index in [1.807, 2.05) is 0 Å². The normalized spacial score (nSPS) is 21.2. The molecule has 2 saturated carbocycles. The van der Waals surface area contributed by atoms with Gasteiger partial charge in [-0.1, -0.05) is 19.3 Å². The van der Waals surface area contributed by atoms with Gasteiger partial charge in [0.25, 0.3) is 0 Å². The predicted octanol–water partition coefficient (Wildman–Crippen LogP) is 4.05. The van der Waals surface area contributed by atoms with Gasteiger partial charge in [0.05, 0.1) is 0 Å². The molecular weight excluding hydrogens is 262 g/mol. The van der Waals surface area contributed by atoms with Gasteiger partial charge in [0.2, 0.25) is 0 Å². The molecule has 2 aliphatic rings. The highest BCUT2D eigenvalue weighted by Gasteiger charge is 2.31. The third kappa shape index (κ3) is 3.54. The lowest BCUT2D eigenvalue weighted by Crippen LogP contribution is -2.21. The minimum atomic E-state index is 0.0569. The second-order valence-electron chi connectivity index (χ2n) is 6.40. The fraction of sp³-hybridized carbons (Fsp3) is 0.765. The number of nitrogens with zero attached hydrogens (tertiary/aromatic N) is 2. The Morgan fingerprint density at radius 2 is 1.95 bits per heavy atom. The van der Waals surface area contributed by atoms with Gasteiger partial charge in [0.15, 0.2) is 5.82 Å². The van der Waals surface area contributed by atoms with E-state index in [-0.39, 0.29) is 6.10 Å². The molecule has 0 aliphatic heterocycles. The molecule has 21 heavy (non-hydrogen) atoms. The zero-order valence-electron chi connectivity index (χ0n) is 13.3. The van der Waals surface area contributed by atoms with E-state index in [1.54, 1.807) is 7.11 Å². The average Bonchev–Trinajstić information content (AvgIpc) is 3.34. The molecule has 0 saturated heterocycles. The number of rotatable bonds is 6. The van der Waals surface area contributed by atoms with Crippen LogP contribution in [-0.4, -0.2) is 23.6 Å². The van der Waals surface area contributed by atoms with E-state index >= 15 is 0 Å². The van der Waals surface area contributed by atoms with Gasteiger partial charge in [0.1, 0.15) is 11.9 Å². The average molecular weight is 289 g/mol. The second kappa shape index (κ2) is 6.73. The highest BCUT2D eigenvalue weighted by atomic mass is 16.5. The van der Waals surface area contributed by atoms with E-state index in [1.165, 1.54) is 50.6 Å². The van der Waals surface area contributed by atoms with Gasteiger partial charge >= 0.3 is 0 Å². The summed E-state index contributed by atoms with van der Waals surface area (Å²) in [6, 6.07) is 2.12. The highest BCUT2D eigenvalue weighted by Crippen LogP contribution is 2.41. The van der Waals surface area contributed by atoms with Crippen LogP contribution in [0.15, 0.2) is 6.07 Å². The Kier molecular flexibility index (Phi) is 4.73. The Morgan fingerprint density at radius 1 is 1.19 bits per heavy atom. The number of anilines is 1. The lowest BCUT2D eigenvalue weighted by Gasteiger charge is -2.28. The van der Waals surface area contributed by atoms with E-state index in [9.17, 15) is 0 Å². The molecule has 2 fully saturated rings. The maximum absolute atomic E-state index is 5.81. The summed E-state index contributed by atoms with van der Waals surface area (Å²) in [4.78, 5) is 9.58. The maximum Gasteiger partial charge on any atom is 0.160 e. The third-order valence-corrected chi connectivity index (χ3v) is 4.70. The summed E-state index contributed by atoms with van der Waals surface area (Å²) in [7, 11) is 1.80. The Bertz CT molecular complexity index is 467. The van der Waals surface area contributed by atoms with Crippen molar-refractivity contribution in [3.05, 3.63) is 17.6 Å². The van der Waals surface area contributed by atoms with Crippen molar-refractivity contribution in [2.75, 3.05) is 19.0 Å². The van der Waals surface area contributed by atoms with Crippen molar-refractivity contribution in [2.45, 2.75) is 63.9 Å². The summed E-state index contributed by atoms with van der Waals surface area (Å²) in [5.41, 5.74) is 1.20. The minimum absolute atomic E-state index is 0.0569. The smallest absolute Gasteiger partial charge is 0.160 e. The van der Waals surface area contributed by atoms with Gasteiger partial charge in [-0.3, -0.25) is 0 Å². The summed E-state index contributed by atoms with van der Waals surface area (Å²) in [6.45, 7) is 3.00. The number of nitrogens with one attached hydrogen (secondary N) is 1. The first-order valence-electron chi connectivity index (χ1n) is 8.47. The van der Waals surface area contributed by atoms with E-state index in [0.717, 1.165) is 18.2 Å². The van der Waals surface area contributed by atoms with Crippen LogP contribution in [0.25, 0.3) is 0 Å². The quantitative estimate of drug-likeness (QED) is 0.858. The molecule has 0 bridgehead atoms. The molecule has 1 unspecified atom stereocenters. The third-order valence-electron chi connectivity index (χ3n) is 4.70. The van der Waals surface area contributed by atoms with Crippen LogP contribution >= 0.6 is 0 Å². The standard InChI is InChI=1S/C17H27N3O/c1-3-18-15-11-14(12-9-10-12)19-17(20-15)16(21-2)13-7-5-4-6-8-13/h11-13,16H,3-10H2,1-2H3,(H,18,19,20). The maximum atomic E-state index is 5.81. The molecule has 4 heteroatoms. The van der Waals surface area contributed by atoms with Crippen LogP contribution in [0, 0.1) is 5.92 Å². The van der Waals surface area contributed by atoms with Crippen LogP contribution in [0.1, 0.15) is 75.4 Å². The van der Waals surface area contributed by atoms with Crippen molar-refractivity contribution in [1.82, 2.24) is 9.97 Å². The Morgan fingerprint density at radius 3 is 2.57 bits per heavy atom. The van der Waals surface area contributed by atoms with Crippen molar-refractivity contribution < 1.29 is 4.74 Å². The first-order valence-corrected chi connectivity index (χ1v) is 8.47. The van der Waals surface area contributed by atoms with Gasteiger partial charge in [-0.25, -0.2) is 9.97 Å². The number of aromatic nitrogens is 2. The molecule has 0 spiro atoms. The Balaban J connectivity index is 1.86. The zero-order valence-corrected chi connectivity index (χ0v) is 13.3. The van der Waals surface area contributed by atoms with Gasteiger partial charge in [-0.2, -0.15) is 0 Å². The first kappa shape index (κ1) is 14.8. The minimum Gasteiger partial charge on any atom is -0.373 e. The van der Waals surface area contributed by atoms with Crippen LogP contribution in [0.3, 0.4) is 0 Å². The zero-order chi connectivity index (χ0) is 14.7. The summed E-state index contributed by atoms with van der Waals surface area (Å²) in [6.07, 6.45) is 9.06. The Labute approximate surface area is 127 Å². The van der Waals surface area contributed by atoms with Crippen LogP contribution in [0.2, 0.25) is 0 Å². The molecule has 1 aromatic heterocycles. The number of hydrogen-bond donors (Lipinski definition) is 1. The summed E-state index contributed by atoms with van der Waals surface area (Å²) >= 11 is 0. The lowest BCUT2D eigenvalue weighted by molar-refractivity contribution is 0.0288. The second-order valence-corrected chi connectivity index (χ2v) is 6.40. The summed E-state index contributed by atoms with van der Waals surface area (Å²) in [5, 5.41) is 3.35. The summed E-state index contributed by atoms with van der Waals surface area (Å²) in [5.74, 6) is 3.08. The van der Waals surface area contributed by atoms with E-state index < -0.39 is 0 Å². The van der Waals surface area contributed by atoms with Crippen LogP contribution in [0.4, 0.5) is 5.82 Å². The fourth-order valence-corrected chi connectivity index (χ4v) is 3.42. The van der Waals surface area contributed by atoms with Crippen molar-refractivity contribution in [1.29, 1.82) is 0 Å². The molecule has 2 aliphatic carbocycles. The van der Waals surface area contributed by atoms with Crippen molar-refractivity contribution in [3.8, 4) is 0 Å². The number of methoxy groups -OCH3 is 1. The fourth-order valence-electron chi connectivity index (χ4n) is 3.42. The van der Waals surface area contributed by atoms with Crippen molar-refractivity contribution in [3.63, 3.8) is 0 Å². The molecule has 0 radical (unpaired) electrons. The monoisotopic (exact) mass is 289 g/mol. The highest BCUT2D eigenvalue weighted by molar-refractivity contribution is 5.38. The van der Waals surface area contributed by atoms with Crippen molar-refractivity contribution >= 4 is 5.82 Å². The molecule has 1 heterocycles. The van der Waals surface area contributed by atoms with Gasteiger partial charge in [0, 0.05) is 31.3 Å². The predicted molar refractivity (Wildman–Crippen MR) is 84.5 cm³/mol. The largest absolute Gasteiger partial charge is 0.373 e. The molecule has 3 rings (SSSR count). The lowest BCUT2D eigenvalue weighted by atomic mass is 9.85. The van der Waals surface area contributed by atoms with Gasteiger partial charge < -0.3 is 10.1 Å². The Hall–Kier alpha value is -1.16. The molecule has 0 amide bonds. The molecule has 116 valence electrons. The van der Waals surface area contributed by atoms with E-state index in [0.29, 0.717) is 11.8 Å². The molecular formula is C17H27N3O. The van der Waals surface area contributed by atoms with Crippen LogP contribution in [-0.2, 0) is 4.74 Å². The molecule has 0 aromatic carbocycles. The van der Waals surface area contributed by atoms with Crippen molar-refractivity contribution in [2.24, 2.45) is 5.92 Å². The molecule has 4 nitrogen and oxygen atoms in total. The SMILES string of the molecule is CCNc1cc(C2CC2)nc(C(OC)C2CCCCC2)n1. The topological polar surface area (TPSA) is 47.0 Å². The van der Waals surface area contributed by atoms with E-state index in [2.05, 4.69) is 18.3 Å². The molecule has 1 aromatic rings. The van der Waals surface area contributed by atoms with Gasteiger partial charge in [-0.15, -0.1) is 0 Å². The van der Waals surface area contributed by atoms with Crippen LogP contribution < -0.4 is 5.32 Å². The van der Waals surface area contributed by atoms with Crippen LogP contribution in [0.5, 0.6) is 0 Å². The number of ether oxygens (including phenoxy) is 1. The molecule has 1 N–H and O–H groups in total. The number of hydrogen-bond acceptors (Lipinski definition) is 4. The van der Waals surface area contributed by atoms with Gasteiger partial charge in [-0.05, 0) is 38.5 Å². The van der Waals surface area contributed by atoms with E-state index in [4.69, 9.17) is 14.7 Å².